The Hall–Kier alpha value is -1.88. The van der Waals surface area contributed by atoms with Crippen molar-refractivity contribution in [1.29, 1.82) is 0 Å². The molecule has 0 aliphatic carbocycles. The number of hydrogen-bond acceptors (Lipinski definition) is 3. The SMILES string of the molecule is COc1ccc(/C=C/C(=O)N2CCOC(C)(C)C2)cc1F. The Morgan fingerprint density at radius 3 is 2.86 bits per heavy atom. The molecule has 2 rings (SSSR count). The van der Waals surface area contributed by atoms with Gasteiger partial charge in [0.1, 0.15) is 0 Å². The zero-order valence-corrected chi connectivity index (χ0v) is 12.6. The zero-order valence-electron chi connectivity index (χ0n) is 12.6. The Morgan fingerprint density at radius 1 is 1.48 bits per heavy atom. The first-order valence-corrected chi connectivity index (χ1v) is 6.86. The predicted molar refractivity (Wildman–Crippen MR) is 78.6 cm³/mol. The molecule has 0 spiro atoms. The second-order valence-electron chi connectivity index (χ2n) is 5.60. The minimum atomic E-state index is -0.445. The van der Waals surface area contributed by atoms with E-state index >= 15 is 0 Å². The van der Waals surface area contributed by atoms with Crippen molar-refractivity contribution < 1.29 is 18.7 Å². The molecule has 1 heterocycles. The molecule has 0 N–H and O–H groups in total. The Morgan fingerprint density at radius 2 is 2.24 bits per heavy atom. The minimum absolute atomic E-state index is 0.0948. The van der Waals surface area contributed by atoms with E-state index in [9.17, 15) is 9.18 Å². The molecule has 0 saturated carbocycles. The van der Waals surface area contributed by atoms with E-state index in [1.54, 1.807) is 17.0 Å². The number of benzene rings is 1. The van der Waals surface area contributed by atoms with Crippen LogP contribution in [0.2, 0.25) is 0 Å². The van der Waals surface area contributed by atoms with Crippen molar-refractivity contribution >= 4 is 12.0 Å². The summed E-state index contributed by atoms with van der Waals surface area (Å²) in [5.41, 5.74) is 0.294. The largest absolute Gasteiger partial charge is 0.494 e. The predicted octanol–water partition coefficient (Wildman–Crippen LogP) is 2.48. The van der Waals surface area contributed by atoms with Gasteiger partial charge >= 0.3 is 0 Å². The maximum absolute atomic E-state index is 13.6. The van der Waals surface area contributed by atoms with Crippen molar-refractivity contribution in [3.8, 4) is 5.75 Å². The van der Waals surface area contributed by atoms with E-state index < -0.39 is 5.82 Å². The van der Waals surface area contributed by atoms with Gasteiger partial charge in [0.05, 0.1) is 19.3 Å². The number of methoxy groups -OCH3 is 1. The monoisotopic (exact) mass is 293 g/mol. The van der Waals surface area contributed by atoms with Crippen molar-refractivity contribution in [1.82, 2.24) is 4.90 Å². The second kappa shape index (κ2) is 6.26. The molecule has 114 valence electrons. The van der Waals surface area contributed by atoms with Crippen molar-refractivity contribution in [2.45, 2.75) is 19.4 Å². The number of halogens is 1. The molecule has 1 saturated heterocycles. The Balaban J connectivity index is 2.03. The van der Waals surface area contributed by atoms with Crippen molar-refractivity contribution in [2.75, 3.05) is 26.8 Å². The average Bonchev–Trinajstić information content (AvgIpc) is 2.43. The fourth-order valence-electron chi connectivity index (χ4n) is 2.26. The van der Waals surface area contributed by atoms with E-state index in [0.717, 1.165) is 0 Å². The number of morpholine rings is 1. The van der Waals surface area contributed by atoms with Crippen LogP contribution in [0.15, 0.2) is 24.3 Å². The number of carbonyl (C=O) groups excluding carboxylic acids is 1. The molecule has 1 aliphatic rings. The molecule has 0 unspecified atom stereocenters. The average molecular weight is 293 g/mol. The van der Waals surface area contributed by atoms with Gasteiger partial charge in [0.2, 0.25) is 5.91 Å². The third kappa shape index (κ3) is 4.04. The van der Waals surface area contributed by atoms with E-state index in [0.29, 0.717) is 25.3 Å². The summed E-state index contributed by atoms with van der Waals surface area (Å²) in [6, 6.07) is 4.58. The van der Waals surface area contributed by atoms with Crippen LogP contribution in [-0.4, -0.2) is 43.2 Å². The van der Waals surface area contributed by atoms with Crippen LogP contribution in [0.25, 0.3) is 6.08 Å². The van der Waals surface area contributed by atoms with E-state index in [-0.39, 0.29) is 17.3 Å². The summed E-state index contributed by atoms with van der Waals surface area (Å²) < 4.78 is 24.0. The quantitative estimate of drug-likeness (QED) is 0.804. The smallest absolute Gasteiger partial charge is 0.246 e. The molecule has 5 heteroatoms. The van der Waals surface area contributed by atoms with Crippen LogP contribution in [0.4, 0.5) is 4.39 Å². The summed E-state index contributed by atoms with van der Waals surface area (Å²) in [4.78, 5) is 13.9. The first-order chi connectivity index (χ1) is 9.91. The molecular formula is C16H20FNO3. The van der Waals surface area contributed by atoms with Gasteiger partial charge in [-0.1, -0.05) is 6.07 Å². The third-order valence-electron chi connectivity index (χ3n) is 3.33. The summed E-state index contributed by atoms with van der Waals surface area (Å²) in [5.74, 6) is -0.351. The second-order valence-corrected chi connectivity index (χ2v) is 5.60. The summed E-state index contributed by atoms with van der Waals surface area (Å²) in [5, 5.41) is 0. The molecule has 1 aromatic rings. The van der Waals surface area contributed by atoms with Crippen LogP contribution in [0, 0.1) is 5.82 Å². The summed E-state index contributed by atoms with van der Waals surface area (Å²) in [6.45, 7) is 5.56. The van der Waals surface area contributed by atoms with Gasteiger partial charge in [0.15, 0.2) is 11.6 Å². The molecule has 1 fully saturated rings. The van der Waals surface area contributed by atoms with E-state index in [2.05, 4.69) is 0 Å². The molecule has 0 radical (unpaired) electrons. The first-order valence-electron chi connectivity index (χ1n) is 6.86. The van der Waals surface area contributed by atoms with Gasteiger partial charge in [-0.15, -0.1) is 0 Å². The number of carbonyl (C=O) groups is 1. The zero-order chi connectivity index (χ0) is 15.5. The lowest BCUT2D eigenvalue weighted by atomic mass is 10.1. The highest BCUT2D eigenvalue weighted by Gasteiger charge is 2.28. The van der Waals surface area contributed by atoms with E-state index in [1.165, 1.54) is 25.3 Å². The lowest BCUT2D eigenvalue weighted by Crippen LogP contribution is -2.50. The first kappa shape index (κ1) is 15.5. The summed E-state index contributed by atoms with van der Waals surface area (Å²) in [7, 11) is 1.41. The Kier molecular flexibility index (Phi) is 4.63. The molecule has 21 heavy (non-hydrogen) atoms. The molecular weight excluding hydrogens is 273 g/mol. The van der Waals surface area contributed by atoms with Gasteiger partial charge in [-0.05, 0) is 37.6 Å². The number of nitrogens with zero attached hydrogens (tertiary/aromatic N) is 1. The molecule has 4 nitrogen and oxygen atoms in total. The number of rotatable bonds is 3. The van der Waals surface area contributed by atoms with Gasteiger partial charge in [-0.25, -0.2) is 4.39 Å². The highest BCUT2D eigenvalue weighted by Crippen LogP contribution is 2.19. The van der Waals surface area contributed by atoms with E-state index in [4.69, 9.17) is 9.47 Å². The fourth-order valence-corrected chi connectivity index (χ4v) is 2.26. The number of hydrogen-bond donors (Lipinski definition) is 0. The molecule has 0 atom stereocenters. The molecule has 1 aliphatic heterocycles. The molecule has 1 amide bonds. The standard InChI is InChI=1S/C16H20FNO3/c1-16(2)11-18(8-9-21-16)15(19)7-5-12-4-6-14(20-3)13(17)10-12/h4-7,10H,8-9,11H2,1-3H3/b7-5+. The highest BCUT2D eigenvalue weighted by atomic mass is 19.1. The third-order valence-corrected chi connectivity index (χ3v) is 3.33. The topological polar surface area (TPSA) is 38.8 Å². The van der Waals surface area contributed by atoms with Crippen LogP contribution in [-0.2, 0) is 9.53 Å². The van der Waals surface area contributed by atoms with Crippen molar-refractivity contribution in [3.63, 3.8) is 0 Å². The van der Waals surface area contributed by atoms with Gasteiger partial charge in [0, 0.05) is 19.2 Å². The van der Waals surface area contributed by atoms with E-state index in [1.807, 2.05) is 13.8 Å². The van der Waals surface area contributed by atoms with Crippen LogP contribution in [0.3, 0.4) is 0 Å². The Labute approximate surface area is 124 Å². The van der Waals surface area contributed by atoms with Gasteiger partial charge in [-0.2, -0.15) is 0 Å². The lowest BCUT2D eigenvalue weighted by molar-refractivity contribution is -0.140. The lowest BCUT2D eigenvalue weighted by Gasteiger charge is -2.37. The summed E-state index contributed by atoms with van der Waals surface area (Å²) in [6.07, 6.45) is 3.07. The number of amides is 1. The van der Waals surface area contributed by atoms with Crippen LogP contribution >= 0.6 is 0 Å². The normalized spacial score (nSPS) is 18.0. The van der Waals surface area contributed by atoms with Gasteiger partial charge < -0.3 is 14.4 Å². The Bertz CT molecular complexity index is 554. The maximum Gasteiger partial charge on any atom is 0.246 e. The fraction of sp³-hybridized carbons (Fsp3) is 0.438. The van der Waals surface area contributed by atoms with Crippen molar-refractivity contribution in [3.05, 3.63) is 35.7 Å². The highest BCUT2D eigenvalue weighted by molar-refractivity contribution is 5.91. The van der Waals surface area contributed by atoms with Crippen LogP contribution < -0.4 is 4.74 Å². The minimum Gasteiger partial charge on any atom is -0.494 e. The summed E-state index contributed by atoms with van der Waals surface area (Å²) >= 11 is 0. The van der Waals surface area contributed by atoms with Gasteiger partial charge in [0.25, 0.3) is 0 Å². The van der Waals surface area contributed by atoms with Crippen molar-refractivity contribution in [2.24, 2.45) is 0 Å². The van der Waals surface area contributed by atoms with Crippen LogP contribution in [0.1, 0.15) is 19.4 Å². The molecule has 0 bridgehead atoms. The maximum atomic E-state index is 13.6. The van der Waals surface area contributed by atoms with Crippen LogP contribution in [0.5, 0.6) is 5.75 Å². The van der Waals surface area contributed by atoms with Gasteiger partial charge in [-0.3, -0.25) is 4.79 Å². The number of ether oxygens (including phenoxy) is 2. The molecule has 1 aromatic carbocycles. The molecule has 0 aromatic heterocycles.